The van der Waals surface area contributed by atoms with Gasteiger partial charge in [0.1, 0.15) is 12.4 Å². The molecule has 0 amide bonds. The standard InChI is InChI=1S/C12H8Br2O2S/c13-10-1-2-11(9(5-10)6-15)16-7-8-3-4-17-12(8)14/h1-6H,7H2. The maximum atomic E-state index is 10.9. The number of hydrogen-bond acceptors (Lipinski definition) is 3. The number of benzene rings is 1. The summed E-state index contributed by atoms with van der Waals surface area (Å²) < 4.78 is 7.55. The van der Waals surface area contributed by atoms with Gasteiger partial charge >= 0.3 is 0 Å². The van der Waals surface area contributed by atoms with Crippen molar-refractivity contribution in [3.05, 3.63) is 49.0 Å². The van der Waals surface area contributed by atoms with Gasteiger partial charge in [-0.1, -0.05) is 15.9 Å². The molecular formula is C12H8Br2O2S. The molecule has 2 nitrogen and oxygen atoms in total. The molecule has 2 aromatic rings. The third-order valence-corrected chi connectivity index (χ3v) is 4.48. The van der Waals surface area contributed by atoms with E-state index < -0.39 is 0 Å². The smallest absolute Gasteiger partial charge is 0.153 e. The summed E-state index contributed by atoms with van der Waals surface area (Å²) in [6.07, 6.45) is 0.794. The molecule has 0 aliphatic heterocycles. The van der Waals surface area contributed by atoms with Crippen molar-refractivity contribution in [1.82, 2.24) is 0 Å². The second-order valence-corrected chi connectivity index (χ2v) is 6.46. The van der Waals surface area contributed by atoms with E-state index in [1.165, 1.54) is 0 Å². The summed E-state index contributed by atoms with van der Waals surface area (Å²) in [6, 6.07) is 7.37. The van der Waals surface area contributed by atoms with Crippen molar-refractivity contribution in [1.29, 1.82) is 0 Å². The third-order valence-electron chi connectivity index (χ3n) is 2.18. The molecule has 1 aromatic carbocycles. The zero-order chi connectivity index (χ0) is 12.3. The van der Waals surface area contributed by atoms with Gasteiger partial charge in [0.15, 0.2) is 6.29 Å². The predicted octanol–water partition coefficient (Wildman–Crippen LogP) is 4.66. The van der Waals surface area contributed by atoms with Crippen LogP contribution in [0.2, 0.25) is 0 Å². The van der Waals surface area contributed by atoms with Crippen LogP contribution < -0.4 is 4.74 Å². The molecule has 0 saturated heterocycles. The number of carbonyl (C=O) groups is 1. The van der Waals surface area contributed by atoms with Crippen molar-refractivity contribution in [3.8, 4) is 5.75 Å². The molecule has 2 rings (SSSR count). The number of carbonyl (C=O) groups excluding carboxylic acids is 1. The quantitative estimate of drug-likeness (QED) is 0.726. The monoisotopic (exact) mass is 374 g/mol. The van der Waals surface area contributed by atoms with E-state index >= 15 is 0 Å². The van der Waals surface area contributed by atoms with Gasteiger partial charge < -0.3 is 4.74 Å². The minimum Gasteiger partial charge on any atom is -0.488 e. The number of halogens is 2. The Kier molecular flexibility index (Phi) is 4.36. The highest BCUT2D eigenvalue weighted by atomic mass is 79.9. The van der Waals surface area contributed by atoms with E-state index in [2.05, 4.69) is 31.9 Å². The Morgan fingerprint density at radius 2 is 2.12 bits per heavy atom. The van der Waals surface area contributed by atoms with Gasteiger partial charge in [-0.2, -0.15) is 0 Å². The summed E-state index contributed by atoms with van der Waals surface area (Å²) in [7, 11) is 0. The molecule has 1 aromatic heterocycles. The maximum Gasteiger partial charge on any atom is 0.153 e. The van der Waals surface area contributed by atoms with Crippen molar-refractivity contribution in [2.75, 3.05) is 0 Å². The summed E-state index contributed by atoms with van der Waals surface area (Å²) in [6.45, 7) is 0.451. The van der Waals surface area contributed by atoms with Crippen LogP contribution in [0, 0.1) is 0 Å². The fourth-order valence-corrected chi connectivity index (χ4v) is 2.90. The Balaban J connectivity index is 2.14. The lowest BCUT2D eigenvalue weighted by atomic mass is 10.2. The van der Waals surface area contributed by atoms with Gasteiger partial charge in [0, 0.05) is 10.0 Å². The Bertz CT molecular complexity index is 537. The van der Waals surface area contributed by atoms with Crippen molar-refractivity contribution < 1.29 is 9.53 Å². The molecule has 0 N–H and O–H groups in total. The molecule has 1 heterocycles. The molecular weight excluding hydrogens is 368 g/mol. The fourth-order valence-electron chi connectivity index (χ4n) is 1.32. The van der Waals surface area contributed by atoms with E-state index in [4.69, 9.17) is 4.74 Å². The van der Waals surface area contributed by atoms with Crippen molar-refractivity contribution >= 4 is 49.5 Å². The fraction of sp³-hybridized carbons (Fsp3) is 0.0833. The van der Waals surface area contributed by atoms with Crippen LogP contribution in [0.5, 0.6) is 5.75 Å². The van der Waals surface area contributed by atoms with Crippen LogP contribution in [0.4, 0.5) is 0 Å². The van der Waals surface area contributed by atoms with E-state index in [9.17, 15) is 4.79 Å². The first-order valence-electron chi connectivity index (χ1n) is 4.80. The summed E-state index contributed by atoms with van der Waals surface area (Å²) in [4.78, 5) is 10.9. The van der Waals surface area contributed by atoms with E-state index in [1.807, 2.05) is 17.5 Å². The molecule has 88 valence electrons. The Morgan fingerprint density at radius 3 is 2.76 bits per heavy atom. The van der Waals surface area contributed by atoms with Gasteiger partial charge in [0.25, 0.3) is 0 Å². The van der Waals surface area contributed by atoms with Crippen molar-refractivity contribution in [3.63, 3.8) is 0 Å². The minimum atomic E-state index is 0.451. The molecule has 0 fully saturated rings. The van der Waals surface area contributed by atoms with Crippen LogP contribution in [-0.4, -0.2) is 6.29 Å². The molecule has 17 heavy (non-hydrogen) atoms. The summed E-state index contributed by atoms with van der Waals surface area (Å²) in [5, 5.41) is 1.99. The normalized spacial score (nSPS) is 10.2. The molecule has 0 saturated carbocycles. The third kappa shape index (κ3) is 3.18. The highest BCUT2D eigenvalue weighted by Crippen LogP contribution is 2.26. The van der Waals surface area contributed by atoms with Crippen molar-refractivity contribution in [2.24, 2.45) is 0 Å². The van der Waals surface area contributed by atoms with Crippen LogP contribution in [0.15, 0.2) is 37.9 Å². The molecule has 0 atom stereocenters. The van der Waals surface area contributed by atoms with Gasteiger partial charge in [0.2, 0.25) is 0 Å². The van der Waals surface area contributed by atoms with E-state index in [1.54, 1.807) is 23.5 Å². The highest BCUT2D eigenvalue weighted by molar-refractivity contribution is 9.11. The first-order valence-corrected chi connectivity index (χ1v) is 7.26. The second-order valence-electron chi connectivity index (χ2n) is 3.31. The van der Waals surface area contributed by atoms with Crippen LogP contribution in [-0.2, 0) is 6.61 Å². The average molecular weight is 376 g/mol. The summed E-state index contributed by atoms with van der Waals surface area (Å²) >= 11 is 8.38. The SMILES string of the molecule is O=Cc1cc(Br)ccc1OCc1ccsc1Br. The lowest BCUT2D eigenvalue weighted by Crippen LogP contribution is -1.97. The first-order chi connectivity index (χ1) is 8.20. The van der Waals surface area contributed by atoms with Crippen molar-refractivity contribution in [2.45, 2.75) is 6.61 Å². The minimum absolute atomic E-state index is 0.451. The topological polar surface area (TPSA) is 26.3 Å². The zero-order valence-electron chi connectivity index (χ0n) is 8.65. The van der Waals surface area contributed by atoms with E-state index in [0.29, 0.717) is 17.9 Å². The van der Waals surface area contributed by atoms with Crippen LogP contribution >= 0.6 is 43.2 Å². The Labute approximate surface area is 120 Å². The van der Waals surface area contributed by atoms with Gasteiger partial charge in [-0.05, 0) is 45.6 Å². The Morgan fingerprint density at radius 1 is 1.29 bits per heavy atom. The lowest BCUT2D eigenvalue weighted by Gasteiger charge is -2.08. The largest absolute Gasteiger partial charge is 0.488 e. The van der Waals surface area contributed by atoms with Gasteiger partial charge in [-0.3, -0.25) is 4.79 Å². The molecule has 5 heteroatoms. The molecule has 0 aliphatic rings. The maximum absolute atomic E-state index is 10.9. The molecule has 0 bridgehead atoms. The average Bonchev–Trinajstić information content (AvgIpc) is 2.73. The number of ether oxygens (including phenoxy) is 1. The zero-order valence-corrected chi connectivity index (χ0v) is 12.6. The van der Waals surface area contributed by atoms with Crippen LogP contribution in [0.25, 0.3) is 0 Å². The van der Waals surface area contributed by atoms with Gasteiger partial charge in [0.05, 0.1) is 9.35 Å². The molecule has 0 radical (unpaired) electrons. The highest BCUT2D eigenvalue weighted by Gasteiger charge is 2.06. The lowest BCUT2D eigenvalue weighted by molar-refractivity contribution is 0.111. The summed E-state index contributed by atoms with van der Waals surface area (Å²) in [5.41, 5.74) is 1.63. The number of aldehydes is 1. The van der Waals surface area contributed by atoms with E-state index in [0.717, 1.165) is 20.1 Å². The van der Waals surface area contributed by atoms with Gasteiger partial charge in [-0.25, -0.2) is 0 Å². The Hall–Kier alpha value is -0.650. The second kappa shape index (κ2) is 5.80. The first kappa shape index (κ1) is 12.8. The number of thiophene rings is 1. The number of hydrogen-bond donors (Lipinski definition) is 0. The number of rotatable bonds is 4. The molecule has 0 aliphatic carbocycles. The predicted molar refractivity (Wildman–Crippen MR) is 75.9 cm³/mol. The summed E-state index contributed by atoms with van der Waals surface area (Å²) in [5.74, 6) is 0.598. The van der Waals surface area contributed by atoms with Crippen LogP contribution in [0.1, 0.15) is 15.9 Å². The van der Waals surface area contributed by atoms with E-state index in [-0.39, 0.29) is 0 Å². The van der Waals surface area contributed by atoms with Crippen LogP contribution in [0.3, 0.4) is 0 Å². The molecule has 0 spiro atoms. The molecule has 0 unspecified atom stereocenters. The van der Waals surface area contributed by atoms with Gasteiger partial charge in [-0.15, -0.1) is 11.3 Å².